The van der Waals surface area contributed by atoms with E-state index in [1.54, 1.807) is 24.3 Å². The van der Waals surface area contributed by atoms with Crippen LogP contribution in [0.4, 0.5) is 23.7 Å². The van der Waals surface area contributed by atoms with Gasteiger partial charge < -0.3 is 14.6 Å². The van der Waals surface area contributed by atoms with Crippen molar-refractivity contribution >= 4 is 45.3 Å². The van der Waals surface area contributed by atoms with Gasteiger partial charge in [0, 0.05) is 17.5 Å². The Hall–Kier alpha value is -1.49. The number of hydrogen-bond donors (Lipinski definition) is 1. The molecule has 0 unspecified atom stereocenters. The summed E-state index contributed by atoms with van der Waals surface area (Å²) in [5, 5.41) is 10.4. The van der Waals surface area contributed by atoms with Gasteiger partial charge in [-0.05, 0) is 80.6 Å². The first kappa shape index (κ1) is 21.2. The number of carboxylic acid groups (broad SMARTS) is 1. The smallest absolute Gasteiger partial charge is 0.412 e. The van der Waals surface area contributed by atoms with Crippen LogP contribution in [0.3, 0.4) is 0 Å². The van der Waals surface area contributed by atoms with Crippen molar-refractivity contribution in [2.24, 2.45) is 0 Å². The summed E-state index contributed by atoms with van der Waals surface area (Å²) in [6.07, 6.45) is -2.18. The number of nitrogens with zero attached hydrogens (tertiary/aromatic N) is 3. The Bertz CT molecular complexity index is 858. The molecular formula is C19H23F3IN3O2. The predicted molar refractivity (Wildman–Crippen MR) is 111 cm³/mol. The van der Waals surface area contributed by atoms with E-state index >= 15 is 0 Å². The Morgan fingerprint density at radius 2 is 1.82 bits per heavy atom. The molecule has 3 rings (SSSR count). The monoisotopic (exact) mass is 509 g/mol. The van der Waals surface area contributed by atoms with Crippen molar-refractivity contribution in [3.05, 3.63) is 28.0 Å². The van der Waals surface area contributed by atoms with Crippen molar-refractivity contribution in [3.63, 3.8) is 0 Å². The van der Waals surface area contributed by atoms with Crippen LogP contribution in [0.5, 0.6) is 0 Å². The molecule has 0 saturated heterocycles. The highest BCUT2D eigenvalue weighted by molar-refractivity contribution is 14.1. The molecule has 1 aliphatic carbocycles. The molecule has 0 aliphatic heterocycles. The van der Waals surface area contributed by atoms with Gasteiger partial charge >= 0.3 is 12.3 Å². The maximum Gasteiger partial charge on any atom is 0.412 e. The summed E-state index contributed by atoms with van der Waals surface area (Å²) in [4.78, 5) is 15.6. The molecule has 1 aromatic carbocycles. The second-order valence-corrected chi connectivity index (χ2v) is 8.56. The zero-order chi connectivity index (χ0) is 20.6. The van der Waals surface area contributed by atoms with Gasteiger partial charge in [0.2, 0.25) is 0 Å². The number of aromatic nitrogens is 1. The molecule has 154 valence electrons. The predicted octanol–water partition coefficient (Wildman–Crippen LogP) is 5.17. The summed E-state index contributed by atoms with van der Waals surface area (Å²) < 4.78 is 40.5. The molecule has 28 heavy (non-hydrogen) atoms. The Morgan fingerprint density at radius 1 is 1.21 bits per heavy atom. The van der Waals surface area contributed by atoms with E-state index in [2.05, 4.69) is 4.90 Å². The highest BCUT2D eigenvalue weighted by Crippen LogP contribution is 2.36. The highest BCUT2D eigenvalue weighted by Gasteiger charge is 2.33. The van der Waals surface area contributed by atoms with Gasteiger partial charge in [0.1, 0.15) is 6.54 Å². The molecule has 1 aliphatic rings. The van der Waals surface area contributed by atoms with E-state index in [1.807, 2.05) is 36.7 Å². The molecule has 2 aromatic rings. The number of alkyl halides is 3. The van der Waals surface area contributed by atoms with Gasteiger partial charge in [-0.1, -0.05) is 6.07 Å². The second-order valence-electron chi connectivity index (χ2n) is 7.46. The summed E-state index contributed by atoms with van der Waals surface area (Å²) in [5.74, 6) is 0. The number of fused-ring (bicyclic) bond motifs is 1. The zero-order valence-corrected chi connectivity index (χ0v) is 17.9. The summed E-state index contributed by atoms with van der Waals surface area (Å²) in [6.45, 7) is -1.10. The summed E-state index contributed by atoms with van der Waals surface area (Å²) in [7, 11) is 4.04. The van der Waals surface area contributed by atoms with Crippen molar-refractivity contribution in [3.8, 4) is 0 Å². The van der Waals surface area contributed by atoms with Crippen LogP contribution < -0.4 is 4.90 Å². The lowest BCUT2D eigenvalue weighted by Gasteiger charge is -2.37. The van der Waals surface area contributed by atoms with Gasteiger partial charge in [-0.2, -0.15) is 13.2 Å². The first-order valence-electron chi connectivity index (χ1n) is 9.11. The lowest BCUT2D eigenvalue weighted by Crippen LogP contribution is -2.44. The van der Waals surface area contributed by atoms with Gasteiger partial charge in [-0.15, -0.1) is 0 Å². The van der Waals surface area contributed by atoms with Gasteiger partial charge in [0.25, 0.3) is 0 Å². The third-order valence-electron chi connectivity index (χ3n) is 5.44. The Kier molecular flexibility index (Phi) is 6.14. The van der Waals surface area contributed by atoms with Crippen LogP contribution in [0.25, 0.3) is 10.9 Å². The third kappa shape index (κ3) is 4.40. The fraction of sp³-hybridized carbons (Fsp3) is 0.526. The summed E-state index contributed by atoms with van der Waals surface area (Å²) >= 11 is 1.87. The van der Waals surface area contributed by atoms with Crippen LogP contribution in [0.1, 0.15) is 25.7 Å². The van der Waals surface area contributed by atoms with Crippen LogP contribution in [0.2, 0.25) is 0 Å². The Balaban J connectivity index is 1.98. The number of anilines is 1. The lowest BCUT2D eigenvalue weighted by atomic mass is 9.89. The SMILES string of the molecule is CN(C)C1CCC(N(C(=O)O)c2cccc3c2cc(I)n3CC(F)(F)F)CC1. The first-order chi connectivity index (χ1) is 13.1. The fourth-order valence-electron chi connectivity index (χ4n) is 4.08. The highest BCUT2D eigenvalue weighted by atomic mass is 127. The van der Waals surface area contributed by atoms with Crippen LogP contribution >= 0.6 is 22.6 Å². The van der Waals surface area contributed by atoms with E-state index in [1.165, 1.54) is 9.47 Å². The molecule has 0 atom stereocenters. The van der Waals surface area contributed by atoms with Gasteiger partial charge in [0.05, 0.1) is 14.9 Å². The largest absolute Gasteiger partial charge is 0.465 e. The molecular weight excluding hydrogens is 486 g/mol. The Labute approximate surface area is 175 Å². The van der Waals surface area contributed by atoms with E-state index in [4.69, 9.17) is 0 Å². The average Bonchev–Trinajstić information content (AvgIpc) is 2.90. The molecule has 0 spiro atoms. The van der Waals surface area contributed by atoms with Crippen molar-refractivity contribution in [1.29, 1.82) is 0 Å². The van der Waals surface area contributed by atoms with E-state index < -0.39 is 18.8 Å². The second kappa shape index (κ2) is 8.10. The first-order valence-corrected chi connectivity index (χ1v) is 10.2. The number of carbonyl (C=O) groups is 1. The molecule has 5 nitrogen and oxygen atoms in total. The molecule has 1 saturated carbocycles. The molecule has 1 N–H and O–H groups in total. The summed E-state index contributed by atoms with van der Waals surface area (Å²) in [5.41, 5.74) is 0.851. The van der Waals surface area contributed by atoms with Gasteiger partial charge in [-0.3, -0.25) is 4.90 Å². The molecule has 1 fully saturated rings. The minimum absolute atomic E-state index is 0.178. The number of rotatable bonds is 4. The zero-order valence-electron chi connectivity index (χ0n) is 15.7. The van der Waals surface area contributed by atoms with Crippen LogP contribution in [0, 0.1) is 3.70 Å². The van der Waals surface area contributed by atoms with Crippen molar-refractivity contribution in [2.45, 2.75) is 50.5 Å². The van der Waals surface area contributed by atoms with E-state index in [-0.39, 0.29) is 6.04 Å². The molecule has 1 amide bonds. The van der Waals surface area contributed by atoms with Crippen LogP contribution in [0.15, 0.2) is 24.3 Å². The minimum Gasteiger partial charge on any atom is -0.465 e. The van der Waals surface area contributed by atoms with E-state index in [9.17, 15) is 23.1 Å². The van der Waals surface area contributed by atoms with Crippen molar-refractivity contribution < 1.29 is 23.1 Å². The quantitative estimate of drug-likeness (QED) is 0.580. The molecule has 0 radical (unpaired) electrons. The number of halogens is 4. The molecule has 9 heteroatoms. The maximum absolute atomic E-state index is 13.0. The van der Waals surface area contributed by atoms with Gasteiger partial charge in [-0.25, -0.2) is 4.79 Å². The minimum atomic E-state index is -4.35. The van der Waals surface area contributed by atoms with E-state index in [0.717, 1.165) is 25.7 Å². The van der Waals surface area contributed by atoms with Crippen molar-refractivity contribution in [2.75, 3.05) is 19.0 Å². The van der Waals surface area contributed by atoms with E-state index in [0.29, 0.717) is 26.3 Å². The third-order valence-corrected chi connectivity index (χ3v) is 6.33. The van der Waals surface area contributed by atoms with Crippen LogP contribution in [-0.4, -0.2) is 53.0 Å². The summed E-state index contributed by atoms with van der Waals surface area (Å²) in [6, 6.07) is 6.80. The molecule has 1 heterocycles. The number of benzene rings is 1. The normalized spacial score (nSPS) is 20.7. The van der Waals surface area contributed by atoms with Gasteiger partial charge in [0.15, 0.2) is 0 Å². The number of hydrogen-bond acceptors (Lipinski definition) is 2. The van der Waals surface area contributed by atoms with Crippen LogP contribution in [-0.2, 0) is 6.54 Å². The van der Waals surface area contributed by atoms with Crippen molar-refractivity contribution in [1.82, 2.24) is 9.47 Å². The topological polar surface area (TPSA) is 48.7 Å². The standard InChI is InChI=1S/C19H23F3IN3O2/c1-24(2)12-6-8-13(9-7-12)26(18(27)28)16-5-3-4-15-14(16)10-17(23)25(15)11-19(20,21)22/h3-5,10,12-13H,6-9,11H2,1-2H3,(H,27,28). The molecule has 0 bridgehead atoms. The maximum atomic E-state index is 13.0. The fourth-order valence-corrected chi connectivity index (χ4v) is 4.82. The number of amides is 1. The molecule has 1 aromatic heterocycles. The average molecular weight is 509 g/mol. The Morgan fingerprint density at radius 3 is 2.36 bits per heavy atom. The lowest BCUT2D eigenvalue weighted by molar-refractivity contribution is -0.140.